The van der Waals surface area contributed by atoms with E-state index in [9.17, 15) is 0 Å². The third-order valence-electron chi connectivity index (χ3n) is 10.4. The van der Waals surface area contributed by atoms with Gasteiger partial charge in [0.1, 0.15) is 12.4 Å². The van der Waals surface area contributed by atoms with Gasteiger partial charge in [-0.3, -0.25) is 0 Å². The minimum Gasteiger partial charge on any atom is -0.488 e. The average molecular weight is 718 g/mol. The van der Waals surface area contributed by atoms with Gasteiger partial charge in [0.2, 0.25) is 0 Å². The summed E-state index contributed by atoms with van der Waals surface area (Å²) in [5.41, 5.74) is 15.3. The third kappa shape index (κ3) is 6.44. The SMILES string of the molecule is c1ccc(-c2cccc(-c3ccc(-c4ccc5c(c4)-c4c(cccc4-c4nc(-c6ccccc6)nc(-c6cccc(-c7ccccc7)c6)n4)CO5)cc3)c2)cc1. The highest BCUT2D eigenvalue weighted by atomic mass is 16.5. The molecule has 10 rings (SSSR count). The Balaban J connectivity index is 1.05. The second-order valence-electron chi connectivity index (χ2n) is 14.0. The molecule has 0 unspecified atom stereocenters. The van der Waals surface area contributed by atoms with Crippen molar-refractivity contribution in [2.24, 2.45) is 0 Å². The summed E-state index contributed by atoms with van der Waals surface area (Å²) < 4.78 is 6.34. The van der Waals surface area contributed by atoms with Crippen molar-refractivity contribution in [3.05, 3.63) is 206 Å². The molecule has 0 atom stereocenters. The quantitative estimate of drug-likeness (QED) is 0.165. The number of hydrogen-bond acceptors (Lipinski definition) is 4. The molecule has 1 aliphatic heterocycles. The molecular formula is C52H35N3O. The lowest BCUT2D eigenvalue weighted by Crippen LogP contribution is -2.08. The van der Waals surface area contributed by atoms with Gasteiger partial charge in [-0.05, 0) is 74.3 Å². The van der Waals surface area contributed by atoms with E-state index in [1.54, 1.807) is 0 Å². The molecule has 0 bridgehead atoms. The van der Waals surface area contributed by atoms with Crippen molar-refractivity contribution in [2.45, 2.75) is 6.61 Å². The first-order valence-corrected chi connectivity index (χ1v) is 18.9. The van der Waals surface area contributed by atoms with Crippen LogP contribution in [0.5, 0.6) is 5.75 Å². The maximum Gasteiger partial charge on any atom is 0.164 e. The molecule has 0 aliphatic carbocycles. The largest absolute Gasteiger partial charge is 0.488 e. The molecule has 56 heavy (non-hydrogen) atoms. The summed E-state index contributed by atoms with van der Waals surface area (Å²) in [6, 6.07) is 69.8. The standard InChI is InChI=1S/C52H35N3O/c1-4-13-35(14-5-1)40-19-10-20-41(31-40)37-25-27-38(28-26-37)43-29-30-48-47(33-43)49-45(34-56-48)23-12-24-46(49)52-54-50(39-17-8-3-9-18-39)53-51(55-52)44-22-11-21-42(32-44)36-15-6-2-7-16-36/h1-33H,34H2. The Morgan fingerprint density at radius 2 is 0.732 bits per heavy atom. The fraction of sp³-hybridized carbons (Fsp3) is 0.0192. The van der Waals surface area contributed by atoms with Crippen molar-refractivity contribution in [3.8, 4) is 95.5 Å². The fourth-order valence-electron chi connectivity index (χ4n) is 7.59. The first-order valence-electron chi connectivity index (χ1n) is 18.9. The van der Waals surface area contributed by atoms with E-state index in [-0.39, 0.29) is 0 Å². The van der Waals surface area contributed by atoms with Crippen LogP contribution < -0.4 is 4.74 Å². The monoisotopic (exact) mass is 717 g/mol. The van der Waals surface area contributed by atoms with Gasteiger partial charge in [0, 0.05) is 27.8 Å². The summed E-state index contributed by atoms with van der Waals surface area (Å²) in [6.07, 6.45) is 0. The Hall–Kier alpha value is -7.43. The zero-order valence-electron chi connectivity index (χ0n) is 30.5. The smallest absolute Gasteiger partial charge is 0.164 e. The van der Waals surface area contributed by atoms with Crippen LogP contribution in [0.3, 0.4) is 0 Å². The van der Waals surface area contributed by atoms with Gasteiger partial charge in [0.15, 0.2) is 17.5 Å². The number of hydrogen-bond donors (Lipinski definition) is 0. The van der Waals surface area contributed by atoms with E-state index in [4.69, 9.17) is 19.7 Å². The van der Waals surface area contributed by atoms with Crippen LogP contribution in [0.2, 0.25) is 0 Å². The molecule has 0 spiro atoms. The van der Waals surface area contributed by atoms with E-state index in [1.807, 2.05) is 36.4 Å². The van der Waals surface area contributed by atoms with Crippen LogP contribution in [-0.4, -0.2) is 15.0 Å². The number of rotatable bonds is 7. The second-order valence-corrected chi connectivity index (χ2v) is 14.0. The van der Waals surface area contributed by atoms with Crippen molar-refractivity contribution in [2.75, 3.05) is 0 Å². The number of benzene rings is 8. The van der Waals surface area contributed by atoms with Gasteiger partial charge in [-0.2, -0.15) is 0 Å². The highest BCUT2D eigenvalue weighted by molar-refractivity contribution is 5.90. The Bertz CT molecular complexity index is 2840. The molecule has 8 aromatic carbocycles. The normalized spacial score (nSPS) is 11.6. The molecule has 9 aromatic rings. The van der Waals surface area contributed by atoms with Crippen LogP contribution in [-0.2, 0) is 6.61 Å². The van der Waals surface area contributed by atoms with Gasteiger partial charge in [-0.15, -0.1) is 0 Å². The fourth-order valence-corrected chi connectivity index (χ4v) is 7.59. The Morgan fingerprint density at radius 3 is 1.34 bits per heavy atom. The zero-order chi connectivity index (χ0) is 37.3. The summed E-state index contributed by atoms with van der Waals surface area (Å²) >= 11 is 0. The number of ether oxygens (including phenoxy) is 1. The Kier molecular flexibility index (Phi) is 8.54. The summed E-state index contributed by atoms with van der Waals surface area (Å²) in [7, 11) is 0. The van der Waals surface area contributed by atoms with Crippen molar-refractivity contribution in [1.82, 2.24) is 15.0 Å². The predicted molar refractivity (Wildman–Crippen MR) is 228 cm³/mol. The molecule has 1 aromatic heterocycles. The highest BCUT2D eigenvalue weighted by Crippen LogP contribution is 2.45. The summed E-state index contributed by atoms with van der Waals surface area (Å²) in [5, 5.41) is 0. The van der Waals surface area contributed by atoms with Crippen LogP contribution >= 0.6 is 0 Å². The summed E-state index contributed by atoms with van der Waals surface area (Å²) in [6.45, 7) is 0.467. The molecule has 4 nitrogen and oxygen atoms in total. The van der Waals surface area contributed by atoms with E-state index in [0.717, 1.165) is 61.4 Å². The maximum atomic E-state index is 6.34. The average Bonchev–Trinajstić information content (AvgIpc) is 3.29. The molecule has 0 saturated heterocycles. The van der Waals surface area contributed by atoms with E-state index in [1.165, 1.54) is 22.3 Å². The minimum atomic E-state index is 0.467. The van der Waals surface area contributed by atoms with Crippen molar-refractivity contribution >= 4 is 0 Å². The molecule has 0 amide bonds. The number of aromatic nitrogens is 3. The predicted octanol–water partition coefficient (Wildman–Crippen LogP) is 13.1. The van der Waals surface area contributed by atoms with Gasteiger partial charge in [0.25, 0.3) is 0 Å². The van der Waals surface area contributed by atoms with Crippen molar-refractivity contribution in [1.29, 1.82) is 0 Å². The van der Waals surface area contributed by atoms with Crippen molar-refractivity contribution < 1.29 is 4.74 Å². The first kappa shape index (κ1) is 33.2. The van der Waals surface area contributed by atoms with Gasteiger partial charge in [0.05, 0.1) is 0 Å². The molecule has 4 heteroatoms. The first-order chi connectivity index (χ1) is 27.7. The molecule has 1 aliphatic rings. The van der Waals surface area contributed by atoms with Crippen LogP contribution in [0.1, 0.15) is 5.56 Å². The van der Waals surface area contributed by atoms with Crippen molar-refractivity contribution in [3.63, 3.8) is 0 Å². The number of fused-ring (bicyclic) bond motifs is 3. The summed E-state index contributed by atoms with van der Waals surface area (Å²) in [5.74, 6) is 2.72. The second kappa shape index (κ2) is 14.4. The van der Waals surface area contributed by atoms with Crippen LogP contribution in [0.15, 0.2) is 200 Å². The van der Waals surface area contributed by atoms with Crippen LogP contribution in [0.4, 0.5) is 0 Å². The van der Waals surface area contributed by atoms with E-state index in [0.29, 0.717) is 24.1 Å². The molecule has 0 N–H and O–H groups in total. The maximum absolute atomic E-state index is 6.34. The lowest BCUT2D eigenvalue weighted by Gasteiger charge is -2.24. The Labute approximate surface area is 326 Å². The van der Waals surface area contributed by atoms with E-state index in [2.05, 4.69) is 164 Å². The highest BCUT2D eigenvalue weighted by Gasteiger charge is 2.24. The summed E-state index contributed by atoms with van der Waals surface area (Å²) in [4.78, 5) is 15.4. The lowest BCUT2D eigenvalue weighted by atomic mass is 9.89. The number of nitrogens with zero attached hydrogens (tertiary/aromatic N) is 3. The van der Waals surface area contributed by atoms with Gasteiger partial charge in [-0.1, -0.05) is 176 Å². The third-order valence-corrected chi connectivity index (χ3v) is 10.4. The van der Waals surface area contributed by atoms with Gasteiger partial charge >= 0.3 is 0 Å². The van der Waals surface area contributed by atoms with Crippen LogP contribution in [0.25, 0.3) is 89.8 Å². The molecule has 0 radical (unpaired) electrons. The Morgan fingerprint density at radius 1 is 0.304 bits per heavy atom. The molecular weight excluding hydrogens is 683 g/mol. The van der Waals surface area contributed by atoms with E-state index < -0.39 is 0 Å². The molecule has 264 valence electrons. The van der Waals surface area contributed by atoms with Gasteiger partial charge in [-0.25, -0.2) is 15.0 Å². The lowest BCUT2D eigenvalue weighted by molar-refractivity contribution is 0.302. The molecule has 2 heterocycles. The zero-order valence-corrected chi connectivity index (χ0v) is 30.5. The molecule has 0 fully saturated rings. The van der Waals surface area contributed by atoms with Crippen LogP contribution in [0, 0.1) is 0 Å². The topological polar surface area (TPSA) is 47.9 Å². The molecule has 0 saturated carbocycles. The van der Waals surface area contributed by atoms with E-state index >= 15 is 0 Å². The van der Waals surface area contributed by atoms with Gasteiger partial charge < -0.3 is 4.74 Å². The minimum absolute atomic E-state index is 0.467.